The number of nitrogen functional groups attached to an aromatic ring is 1. The molecule has 1 saturated heterocycles. The van der Waals surface area contributed by atoms with Gasteiger partial charge in [0, 0.05) is 23.2 Å². The van der Waals surface area contributed by atoms with Crippen LogP contribution in [0.5, 0.6) is 0 Å². The predicted octanol–water partition coefficient (Wildman–Crippen LogP) is 0.849. The Morgan fingerprint density at radius 3 is 2.75 bits per heavy atom. The van der Waals surface area contributed by atoms with Crippen molar-refractivity contribution < 1.29 is 13.2 Å². The number of benzene rings is 1. The second-order valence-electron chi connectivity index (χ2n) is 4.70. The van der Waals surface area contributed by atoms with Crippen molar-refractivity contribution in [3.05, 3.63) is 22.2 Å². The molecule has 1 fully saturated rings. The summed E-state index contributed by atoms with van der Waals surface area (Å²) in [4.78, 5) is 11.8. The molecule has 110 valence electrons. The molecule has 2 rings (SSSR count). The summed E-state index contributed by atoms with van der Waals surface area (Å²) in [6, 6.07) is 2.44. The predicted molar refractivity (Wildman–Crippen MR) is 79.7 cm³/mol. The molecule has 6 nitrogen and oxygen atoms in total. The topological polar surface area (TPSA) is 92.5 Å². The number of halogens is 1. The third kappa shape index (κ3) is 2.55. The molecule has 1 unspecified atom stereocenters. The molecule has 0 aliphatic carbocycles. The van der Waals surface area contributed by atoms with E-state index in [1.165, 1.54) is 10.4 Å². The number of nitrogens with zero attached hydrogens (tertiary/aromatic N) is 1. The highest BCUT2D eigenvalue weighted by molar-refractivity contribution is 9.10. The molecule has 1 atom stereocenters. The van der Waals surface area contributed by atoms with Gasteiger partial charge in [-0.2, -0.15) is 4.31 Å². The van der Waals surface area contributed by atoms with Crippen molar-refractivity contribution in [3.63, 3.8) is 0 Å². The average molecular weight is 362 g/mol. The highest BCUT2D eigenvalue weighted by Crippen LogP contribution is 2.29. The van der Waals surface area contributed by atoms with E-state index >= 15 is 0 Å². The van der Waals surface area contributed by atoms with Crippen LogP contribution >= 0.6 is 15.9 Å². The Hall–Kier alpha value is -1.12. The number of hydrogen-bond donors (Lipinski definition) is 2. The molecule has 1 aromatic carbocycles. The van der Waals surface area contributed by atoms with Crippen molar-refractivity contribution in [2.24, 2.45) is 0 Å². The van der Waals surface area contributed by atoms with Crippen LogP contribution in [0, 0.1) is 6.92 Å². The lowest BCUT2D eigenvalue weighted by Gasteiger charge is -2.32. The second kappa shape index (κ2) is 5.34. The van der Waals surface area contributed by atoms with E-state index in [4.69, 9.17) is 5.73 Å². The Morgan fingerprint density at radius 1 is 1.45 bits per heavy atom. The Kier molecular flexibility index (Phi) is 4.08. The second-order valence-corrected chi connectivity index (χ2v) is 7.48. The first-order valence-electron chi connectivity index (χ1n) is 6.10. The Morgan fingerprint density at radius 2 is 2.10 bits per heavy atom. The minimum absolute atomic E-state index is 0.130. The van der Waals surface area contributed by atoms with E-state index in [9.17, 15) is 13.2 Å². The quantitative estimate of drug-likeness (QED) is 0.763. The molecule has 1 aliphatic rings. The fourth-order valence-electron chi connectivity index (χ4n) is 2.16. The highest BCUT2D eigenvalue weighted by atomic mass is 79.9. The zero-order valence-electron chi connectivity index (χ0n) is 11.2. The summed E-state index contributed by atoms with van der Waals surface area (Å²) in [5.74, 6) is -0.291. The van der Waals surface area contributed by atoms with Crippen molar-refractivity contribution in [1.29, 1.82) is 0 Å². The van der Waals surface area contributed by atoms with Gasteiger partial charge >= 0.3 is 0 Å². The molecule has 20 heavy (non-hydrogen) atoms. The molecule has 0 spiro atoms. The van der Waals surface area contributed by atoms with E-state index in [1.807, 2.05) is 0 Å². The molecule has 0 aromatic heterocycles. The number of rotatable bonds is 2. The van der Waals surface area contributed by atoms with Gasteiger partial charge < -0.3 is 11.1 Å². The molecular formula is C12H16BrN3O3S. The number of sulfonamides is 1. The van der Waals surface area contributed by atoms with Gasteiger partial charge in [-0.15, -0.1) is 0 Å². The van der Waals surface area contributed by atoms with E-state index in [-0.39, 0.29) is 17.3 Å². The van der Waals surface area contributed by atoms with Crippen molar-refractivity contribution in [2.45, 2.75) is 24.8 Å². The van der Waals surface area contributed by atoms with Crippen molar-refractivity contribution in [2.75, 3.05) is 18.8 Å². The van der Waals surface area contributed by atoms with Crippen LogP contribution in [-0.2, 0) is 14.8 Å². The number of piperazine rings is 1. The standard InChI is InChI=1S/C12H16BrN3O3S/c1-7-10(14)5-9(13)6-11(7)20(18,19)16-4-3-15-12(17)8(16)2/h5-6,8H,3-4,14H2,1-2H3,(H,15,17). The van der Waals surface area contributed by atoms with Crippen LogP contribution in [0.3, 0.4) is 0 Å². The Bertz CT molecular complexity index is 660. The lowest BCUT2D eigenvalue weighted by atomic mass is 10.2. The highest BCUT2D eigenvalue weighted by Gasteiger charge is 2.36. The molecule has 1 aromatic rings. The number of amides is 1. The number of nitrogens with one attached hydrogen (secondary N) is 1. The molecule has 0 radical (unpaired) electrons. The van der Waals surface area contributed by atoms with Gasteiger partial charge in [0.05, 0.1) is 4.90 Å². The summed E-state index contributed by atoms with van der Waals surface area (Å²) in [6.07, 6.45) is 0. The smallest absolute Gasteiger partial charge is 0.244 e. The van der Waals surface area contributed by atoms with Crippen LogP contribution in [0.25, 0.3) is 0 Å². The molecule has 3 N–H and O–H groups in total. The lowest BCUT2D eigenvalue weighted by Crippen LogP contribution is -2.55. The van der Waals surface area contributed by atoms with Gasteiger partial charge in [0.15, 0.2) is 0 Å². The first-order chi connectivity index (χ1) is 9.25. The summed E-state index contributed by atoms with van der Waals surface area (Å²) < 4.78 is 27.3. The van der Waals surface area contributed by atoms with Crippen LogP contribution in [0.1, 0.15) is 12.5 Å². The number of nitrogens with two attached hydrogens (primary N) is 1. The molecular weight excluding hydrogens is 346 g/mol. The van der Waals surface area contributed by atoms with Gasteiger partial charge in [-0.25, -0.2) is 8.42 Å². The van der Waals surface area contributed by atoms with Gasteiger partial charge in [-0.3, -0.25) is 4.79 Å². The first kappa shape index (κ1) is 15.3. The van der Waals surface area contributed by atoms with Crippen LogP contribution in [0.4, 0.5) is 5.69 Å². The van der Waals surface area contributed by atoms with E-state index in [1.54, 1.807) is 19.9 Å². The molecule has 1 heterocycles. The van der Waals surface area contributed by atoms with Crippen molar-refractivity contribution in [3.8, 4) is 0 Å². The van der Waals surface area contributed by atoms with Crippen molar-refractivity contribution >= 4 is 37.5 Å². The third-order valence-electron chi connectivity index (χ3n) is 3.39. The van der Waals surface area contributed by atoms with Crippen LogP contribution in [-0.4, -0.2) is 37.8 Å². The van der Waals surface area contributed by atoms with Crippen molar-refractivity contribution in [1.82, 2.24) is 9.62 Å². The Labute approximate surface area is 126 Å². The fourth-order valence-corrected chi connectivity index (χ4v) is 4.66. The minimum Gasteiger partial charge on any atom is -0.398 e. The SMILES string of the molecule is Cc1c(N)cc(Br)cc1S(=O)(=O)N1CCNC(=O)C1C. The number of carbonyl (C=O) groups excluding carboxylic acids is 1. The maximum absolute atomic E-state index is 12.7. The number of carbonyl (C=O) groups is 1. The summed E-state index contributed by atoms with van der Waals surface area (Å²) in [5, 5.41) is 2.64. The number of anilines is 1. The lowest BCUT2D eigenvalue weighted by molar-refractivity contribution is -0.126. The molecule has 1 amide bonds. The summed E-state index contributed by atoms with van der Waals surface area (Å²) in [6.45, 7) is 3.79. The molecule has 0 bridgehead atoms. The normalized spacial score (nSPS) is 20.8. The largest absolute Gasteiger partial charge is 0.398 e. The molecule has 1 aliphatic heterocycles. The van der Waals surface area contributed by atoms with Crippen LogP contribution in [0.15, 0.2) is 21.5 Å². The number of hydrogen-bond acceptors (Lipinski definition) is 4. The summed E-state index contributed by atoms with van der Waals surface area (Å²) >= 11 is 3.25. The van der Waals surface area contributed by atoms with Gasteiger partial charge in [-0.05, 0) is 31.5 Å². The van der Waals surface area contributed by atoms with E-state index < -0.39 is 16.1 Å². The first-order valence-corrected chi connectivity index (χ1v) is 8.33. The zero-order valence-corrected chi connectivity index (χ0v) is 13.6. The van der Waals surface area contributed by atoms with Gasteiger partial charge in [0.2, 0.25) is 15.9 Å². The van der Waals surface area contributed by atoms with Gasteiger partial charge in [0.25, 0.3) is 0 Å². The minimum atomic E-state index is -3.76. The van der Waals surface area contributed by atoms with E-state index in [0.717, 1.165) is 0 Å². The maximum Gasteiger partial charge on any atom is 0.244 e. The third-order valence-corrected chi connectivity index (χ3v) is 5.95. The van der Waals surface area contributed by atoms with Gasteiger partial charge in [-0.1, -0.05) is 15.9 Å². The average Bonchev–Trinajstić information content (AvgIpc) is 2.36. The molecule has 8 heteroatoms. The van der Waals surface area contributed by atoms with Crippen LogP contribution in [0.2, 0.25) is 0 Å². The van der Waals surface area contributed by atoms with E-state index in [0.29, 0.717) is 22.3 Å². The monoisotopic (exact) mass is 361 g/mol. The zero-order chi connectivity index (χ0) is 15.1. The Balaban J connectivity index is 2.53. The molecule has 0 saturated carbocycles. The van der Waals surface area contributed by atoms with E-state index in [2.05, 4.69) is 21.2 Å². The summed E-state index contributed by atoms with van der Waals surface area (Å²) in [5.41, 5.74) is 6.70. The maximum atomic E-state index is 12.7. The summed E-state index contributed by atoms with van der Waals surface area (Å²) in [7, 11) is -3.76. The van der Waals surface area contributed by atoms with Crippen LogP contribution < -0.4 is 11.1 Å². The fraction of sp³-hybridized carbons (Fsp3) is 0.417. The van der Waals surface area contributed by atoms with Gasteiger partial charge in [0.1, 0.15) is 6.04 Å².